The Morgan fingerprint density at radius 2 is 1.63 bits per heavy atom. The van der Waals surface area contributed by atoms with Gasteiger partial charge in [-0.3, -0.25) is 9.59 Å². The second-order valence-electron chi connectivity index (χ2n) is 7.05. The maximum absolute atomic E-state index is 13.2. The maximum atomic E-state index is 13.2. The molecule has 5 nitrogen and oxygen atoms in total. The molecule has 30 heavy (non-hydrogen) atoms. The molecule has 0 aliphatic rings. The SMILES string of the molecule is CCCN(CC(=O)N(Cc1ccccc1)Cc1ccco1)C(=O)c1ccc(F)cc1. The summed E-state index contributed by atoms with van der Waals surface area (Å²) in [5.74, 6) is -0.203. The molecule has 1 aromatic heterocycles. The second-order valence-corrected chi connectivity index (χ2v) is 7.05. The van der Waals surface area contributed by atoms with Gasteiger partial charge in [-0.05, 0) is 48.4 Å². The van der Waals surface area contributed by atoms with Crippen LogP contribution in [0.25, 0.3) is 0 Å². The van der Waals surface area contributed by atoms with Crippen molar-refractivity contribution in [3.63, 3.8) is 0 Å². The van der Waals surface area contributed by atoms with E-state index < -0.39 is 5.82 Å². The van der Waals surface area contributed by atoms with E-state index >= 15 is 0 Å². The minimum absolute atomic E-state index is 0.0579. The van der Waals surface area contributed by atoms with Gasteiger partial charge >= 0.3 is 0 Å². The van der Waals surface area contributed by atoms with E-state index in [0.29, 0.717) is 37.4 Å². The molecule has 0 radical (unpaired) electrons. The van der Waals surface area contributed by atoms with Crippen molar-refractivity contribution < 1.29 is 18.4 Å². The summed E-state index contributed by atoms with van der Waals surface area (Å²) in [5, 5.41) is 0. The third-order valence-corrected chi connectivity index (χ3v) is 4.69. The molecule has 156 valence electrons. The zero-order chi connectivity index (χ0) is 21.3. The van der Waals surface area contributed by atoms with E-state index in [-0.39, 0.29) is 18.4 Å². The second kappa shape index (κ2) is 10.4. The van der Waals surface area contributed by atoms with Crippen LogP contribution in [0.5, 0.6) is 0 Å². The topological polar surface area (TPSA) is 53.8 Å². The summed E-state index contributed by atoms with van der Waals surface area (Å²) in [6.07, 6.45) is 2.28. The van der Waals surface area contributed by atoms with Crippen molar-refractivity contribution in [2.75, 3.05) is 13.1 Å². The fourth-order valence-electron chi connectivity index (χ4n) is 3.19. The first kappa shape index (κ1) is 21.3. The Hall–Kier alpha value is -3.41. The van der Waals surface area contributed by atoms with Crippen molar-refractivity contribution in [1.82, 2.24) is 9.80 Å². The van der Waals surface area contributed by atoms with Crippen LogP contribution in [0, 0.1) is 5.82 Å². The van der Waals surface area contributed by atoms with E-state index in [1.54, 1.807) is 17.2 Å². The van der Waals surface area contributed by atoms with E-state index in [4.69, 9.17) is 4.42 Å². The number of rotatable bonds is 9. The summed E-state index contributed by atoms with van der Waals surface area (Å²) in [5.41, 5.74) is 1.35. The van der Waals surface area contributed by atoms with Gasteiger partial charge in [0.2, 0.25) is 5.91 Å². The van der Waals surface area contributed by atoms with Crippen LogP contribution in [0.4, 0.5) is 4.39 Å². The van der Waals surface area contributed by atoms with Gasteiger partial charge in [0, 0.05) is 18.7 Å². The van der Waals surface area contributed by atoms with E-state index in [2.05, 4.69) is 0 Å². The lowest BCUT2D eigenvalue weighted by molar-refractivity contribution is -0.133. The fourth-order valence-corrected chi connectivity index (χ4v) is 3.19. The molecule has 0 bridgehead atoms. The molecule has 0 fully saturated rings. The van der Waals surface area contributed by atoms with Gasteiger partial charge in [0.15, 0.2) is 0 Å². The number of amides is 2. The Kier molecular flexibility index (Phi) is 7.38. The first-order valence-electron chi connectivity index (χ1n) is 9.95. The summed E-state index contributed by atoms with van der Waals surface area (Å²) in [6, 6.07) is 18.7. The highest BCUT2D eigenvalue weighted by atomic mass is 19.1. The lowest BCUT2D eigenvalue weighted by Crippen LogP contribution is -2.42. The molecule has 3 aromatic rings. The van der Waals surface area contributed by atoms with Gasteiger partial charge in [-0.25, -0.2) is 4.39 Å². The molecule has 0 atom stereocenters. The zero-order valence-corrected chi connectivity index (χ0v) is 17.0. The largest absolute Gasteiger partial charge is 0.467 e. The smallest absolute Gasteiger partial charge is 0.254 e. The summed E-state index contributed by atoms with van der Waals surface area (Å²) in [6.45, 7) is 3.04. The van der Waals surface area contributed by atoms with Crippen LogP contribution in [-0.4, -0.2) is 34.7 Å². The molecule has 0 saturated carbocycles. The van der Waals surface area contributed by atoms with Crippen LogP contribution in [0.15, 0.2) is 77.4 Å². The number of hydrogen-bond acceptors (Lipinski definition) is 3. The lowest BCUT2D eigenvalue weighted by atomic mass is 10.1. The molecule has 2 aromatic carbocycles. The molecule has 0 saturated heterocycles. The van der Waals surface area contributed by atoms with Crippen molar-refractivity contribution in [2.45, 2.75) is 26.4 Å². The van der Waals surface area contributed by atoms with Crippen molar-refractivity contribution >= 4 is 11.8 Å². The van der Waals surface area contributed by atoms with Gasteiger partial charge in [0.1, 0.15) is 18.1 Å². The number of furan rings is 1. The van der Waals surface area contributed by atoms with Crippen LogP contribution in [0.1, 0.15) is 35.0 Å². The molecular formula is C24H25FN2O3. The van der Waals surface area contributed by atoms with Gasteiger partial charge in [-0.2, -0.15) is 0 Å². The van der Waals surface area contributed by atoms with Gasteiger partial charge in [-0.1, -0.05) is 37.3 Å². The Bertz CT molecular complexity index is 940. The van der Waals surface area contributed by atoms with Crippen LogP contribution >= 0.6 is 0 Å². The number of carbonyl (C=O) groups is 2. The van der Waals surface area contributed by atoms with Gasteiger partial charge in [-0.15, -0.1) is 0 Å². The Balaban J connectivity index is 1.76. The normalized spacial score (nSPS) is 10.6. The van der Waals surface area contributed by atoms with E-state index in [9.17, 15) is 14.0 Å². The van der Waals surface area contributed by atoms with E-state index in [1.807, 2.05) is 43.3 Å². The van der Waals surface area contributed by atoms with Crippen LogP contribution < -0.4 is 0 Å². The zero-order valence-electron chi connectivity index (χ0n) is 17.0. The average molecular weight is 408 g/mol. The van der Waals surface area contributed by atoms with Crippen molar-refractivity contribution in [3.05, 3.63) is 95.7 Å². The number of hydrogen-bond donors (Lipinski definition) is 0. The predicted octanol–water partition coefficient (Wildman–Crippen LogP) is 4.50. The van der Waals surface area contributed by atoms with Crippen LogP contribution in [-0.2, 0) is 17.9 Å². The Morgan fingerprint density at radius 3 is 2.27 bits per heavy atom. The third kappa shape index (κ3) is 5.80. The number of carbonyl (C=O) groups excluding carboxylic acids is 2. The molecule has 0 aliphatic carbocycles. The molecule has 1 heterocycles. The molecular weight excluding hydrogens is 383 g/mol. The molecule has 0 aliphatic heterocycles. The van der Waals surface area contributed by atoms with E-state index in [1.165, 1.54) is 29.2 Å². The number of nitrogens with zero attached hydrogens (tertiary/aromatic N) is 2. The number of benzene rings is 2. The Morgan fingerprint density at radius 1 is 0.900 bits per heavy atom. The highest BCUT2D eigenvalue weighted by Crippen LogP contribution is 2.13. The highest BCUT2D eigenvalue weighted by Gasteiger charge is 2.23. The summed E-state index contributed by atoms with van der Waals surface area (Å²) < 4.78 is 18.6. The minimum atomic E-state index is -0.405. The standard InChI is InChI=1S/C24H25FN2O3/c1-2-14-26(24(29)20-10-12-21(25)13-11-20)18-23(28)27(17-22-9-6-15-30-22)16-19-7-4-3-5-8-19/h3-13,15H,2,14,16-18H2,1H3. The highest BCUT2D eigenvalue weighted by molar-refractivity contribution is 5.96. The van der Waals surface area contributed by atoms with Gasteiger partial charge < -0.3 is 14.2 Å². The van der Waals surface area contributed by atoms with E-state index in [0.717, 1.165) is 5.56 Å². The van der Waals surface area contributed by atoms with Crippen molar-refractivity contribution in [3.8, 4) is 0 Å². The van der Waals surface area contributed by atoms with Crippen molar-refractivity contribution in [1.29, 1.82) is 0 Å². The lowest BCUT2D eigenvalue weighted by Gasteiger charge is -2.27. The molecule has 3 rings (SSSR count). The third-order valence-electron chi connectivity index (χ3n) is 4.69. The molecule has 0 unspecified atom stereocenters. The first-order chi connectivity index (χ1) is 14.6. The first-order valence-corrected chi connectivity index (χ1v) is 9.95. The molecule has 2 amide bonds. The molecule has 6 heteroatoms. The summed E-state index contributed by atoms with van der Waals surface area (Å²) in [4.78, 5) is 29.3. The predicted molar refractivity (Wildman–Crippen MR) is 112 cm³/mol. The fraction of sp³-hybridized carbons (Fsp3) is 0.250. The van der Waals surface area contributed by atoms with Gasteiger partial charge in [0.05, 0.1) is 12.8 Å². The van der Waals surface area contributed by atoms with Gasteiger partial charge in [0.25, 0.3) is 5.91 Å². The van der Waals surface area contributed by atoms with Crippen LogP contribution in [0.2, 0.25) is 0 Å². The quantitative estimate of drug-likeness (QED) is 0.524. The Labute approximate surface area is 175 Å². The minimum Gasteiger partial charge on any atom is -0.467 e. The molecule has 0 N–H and O–H groups in total. The van der Waals surface area contributed by atoms with Crippen molar-refractivity contribution in [2.24, 2.45) is 0 Å². The molecule has 0 spiro atoms. The number of halogens is 1. The monoisotopic (exact) mass is 408 g/mol. The summed E-state index contributed by atoms with van der Waals surface area (Å²) in [7, 11) is 0. The van der Waals surface area contributed by atoms with Crippen LogP contribution in [0.3, 0.4) is 0 Å². The summed E-state index contributed by atoms with van der Waals surface area (Å²) >= 11 is 0. The average Bonchev–Trinajstić information content (AvgIpc) is 3.27. The maximum Gasteiger partial charge on any atom is 0.254 e.